The molecule has 0 amide bonds. The third-order valence-electron chi connectivity index (χ3n) is 4.71. The van der Waals surface area contributed by atoms with Gasteiger partial charge >= 0.3 is 5.97 Å². The first-order chi connectivity index (χ1) is 14.5. The topological polar surface area (TPSA) is 52.6 Å². The van der Waals surface area contributed by atoms with Crippen LogP contribution in [0.4, 0.5) is 0 Å². The maximum absolute atomic E-state index is 12.4. The van der Waals surface area contributed by atoms with Gasteiger partial charge in [0, 0.05) is 5.56 Å². The van der Waals surface area contributed by atoms with Crippen LogP contribution in [-0.2, 0) is 0 Å². The Kier molecular flexibility index (Phi) is 6.81. The average molecular weight is 400 g/mol. The van der Waals surface area contributed by atoms with Crippen molar-refractivity contribution >= 4 is 17.8 Å². The number of rotatable bonds is 7. The van der Waals surface area contributed by atoms with Gasteiger partial charge in [-0.2, -0.15) is 0 Å². The molecular weight excluding hydrogens is 376 g/mol. The van der Waals surface area contributed by atoms with E-state index in [0.717, 1.165) is 5.56 Å². The molecule has 3 rings (SSSR count). The number of esters is 1. The molecule has 0 atom stereocenters. The standard InChI is InChI=1S/C26H24O4/c1-18(2)20-11-8-19(9-12-20)10-17-24(27)21-13-15-22(16-14-21)30-26(28)23-6-4-5-7-25(23)29-3/h4-18H,1-3H3. The molecule has 0 bridgehead atoms. The van der Waals surface area contributed by atoms with Crippen LogP contribution in [0.2, 0.25) is 0 Å². The van der Waals surface area contributed by atoms with E-state index >= 15 is 0 Å². The number of ketones is 1. The highest BCUT2D eigenvalue weighted by molar-refractivity contribution is 6.06. The fraction of sp³-hybridized carbons (Fsp3) is 0.154. The summed E-state index contributed by atoms with van der Waals surface area (Å²) in [6.45, 7) is 4.29. The molecular formula is C26H24O4. The largest absolute Gasteiger partial charge is 0.496 e. The summed E-state index contributed by atoms with van der Waals surface area (Å²) in [4.78, 5) is 24.8. The summed E-state index contributed by atoms with van der Waals surface area (Å²) in [6.07, 6.45) is 3.34. The van der Waals surface area contributed by atoms with Crippen LogP contribution in [0.3, 0.4) is 0 Å². The molecule has 152 valence electrons. The van der Waals surface area contributed by atoms with Crippen molar-refractivity contribution in [2.45, 2.75) is 19.8 Å². The van der Waals surface area contributed by atoms with E-state index in [9.17, 15) is 9.59 Å². The van der Waals surface area contributed by atoms with Gasteiger partial charge in [-0.1, -0.05) is 56.3 Å². The zero-order chi connectivity index (χ0) is 21.5. The van der Waals surface area contributed by atoms with Crippen LogP contribution in [0.15, 0.2) is 78.9 Å². The van der Waals surface area contributed by atoms with Crippen molar-refractivity contribution in [3.05, 3.63) is 101 Å². The number of hydrogen-bond acceptors (Lipinski definition) is 4. The second-order valence-electron chi connectivity index (χ2n) is 7.13. The second-order valence-corrected chi connectivity index (χ2v) is 7.13. The third-order valence-corrected chi connectivity index (χ3v) is 4.71. The number of benzene rings is 3. The fourth-order valence-electron chi connectivity index (χ4n) is 2.92. The Morgan fingerprint density at radius 3 is 2.17 bits per heavy atom. The predicted molar refractivity (Wildman–Crippen MR) is 118 cm³/mol. The maximum atomic E-state index is 12.4. The van der Waals surface area contributed by atoms with E-state index in [1.807, 2.05) is 12.1 Å². The molecule has 4 heteroatoms. The molecule has 0 radical (unpaired) electrons. The van der Waals surface area contributed by atoms with Crippen LogP contribution in [0.5, 0.6) is 11.5 Å². The van der Waals surface area contributed by atoms with Crippen LogP contribution >= 0.6 is 0 Å². The Morgan fingerprint density at radius 1 is 0.867 bits per heavy atom. The molecule has 0 heterocycles. The van der Waals surface area contributed by atoms with Crippen LogP contribution in [0.25, 0.3) is 6.08 Å². The molecule has 0 aliphatic rings. The maximum Gasteiger partial charge on any atom is 0.347 e. The molecule has 0 saturated carbocycles. The van der Waals surface area contributed by atoms with Crippen LogP contribution in [0, 0.1) is 0 Å². The quantitative estimate of drug-likeness (QED) is 0.213. The van der Waals surface area contributed by atoms with Crippen molar-refractivity contribution in [3.8, 4) is 11.5 Å². The van der Waals surface area contributed by atoms with Crippen molar-refractivity contribution in [1.82, 2.24) is 0 Å². The van der Waals surface area contributed by atoms with E-state index in [-0.39, 0.29) is 5.78 Å². The first kappa shape index (κ1) is 21.1. The lowest BCUT2D eigenvalue weighted by Crippen LogP contribution is -2.10. The van der Waals surface area contributed by atoms with E-state index in [2.05, 4.69) is 26.0 Å². The molecule has 0 unspecified atom stereocenters. The molecule has 4 nitrogen and oxygen atoms in total. The lowest BCUT2D eigenvalue weighted by atomic mass is 10.0. The monoisotopic (exact) mass is 400 g/mol. The molecule has 0 spiro atoms. The molecule has 0 aromatic heterocycles. The summed E-state index contributed by atoms with van der Waals surface area (Å²) in [5.74, 6) is 0.638. The molecule has 0 N–H and O–H groups in total. The minimum atomic E-state index is -0.517. The molecule has 0 saturated heterocycles. The normalized spacial score (nSPS) is 10.9. The van der Waals surface area contributed by atoms with Gasteiger partial charge in [0.15, 0.2) is 5.78 Å². The lowest BCUT2D eigenvalue weighted by molar-refractivity contribution is 0.0731. The highest BCUT2D eigenvalue weighted by Gasteiger charge is 2.14. The van der Waals surface area contributed by atoms with Gasteiger partial charge in [0.1, 0.15) is 17.1 Å². The van der Waals surface area contributed by atoms with Gasteiger partial charge < -0.3 is 9.47 Å². The van der Waals surface area contributed by atoms with Crippen LogP contribution in [0.1, 0.15) is 51.6 Å². The minimum absolute atomic E-state index is 0.120. The minimum Gasteiger partial charge on any atom is -0.496 e. The van der Waals surface area contributed by atoms with Crippen molar-refractivity contribution in [2.24, 2.45) is 0 Å². The number of methoxy groups -OCH3 is 1. The molecule has 0 aliphatic carbocycles. The number of carbonyl (C=O) groups is 2. The Morgan fingerprint density at radius 2 is 1.53 bits per heavy atom. The smallest absolute Gasteiger partial charge is 0.347 e. The average Bonchev–Trinajstić information content (AvgIpc) is 2.78. The number of ether oxygens (including phenoxy) is 2. The van der Waals surface area contributed by atoms with Crippen molar-refractivity contribution in [3.63, 3.8) is 0 Å². The van der Waals surface area contributed by atoms with Crippen molar-refractivity contribution in [1.29, 1.82) is 0 Å². The Balaban J connectivity index is 1.64. The van der Waals surface area contributed by atoms with E-state index in [0.29, 0.717) is 28.5 Å². The Labute approximate surface area is 176 Å². The van der Waals surface area contributed by atoms with E-state index < -0.39 is 5.97 Å². The number of allylic oxidation sites excluding steroid dienone is 1. The SMILES string of the molecule is COc1ccccc1C(=O)Oc1ccc(C(=O)C=Cc2ccc(C(C)C)cc2)cc1. The third kappa shape index (κ3) is 5.23. The highest BCUT2D eigenvalue weighted by atomic mass is 16.5. The Bertz CT molecular complexity index is 1050. The zero-order valence-corrected chi connectivity index (χ0v) is 17.3. The van der Waals surface area contributed by atoms with Crippen molar-refractivity contribution in [2.75, 3.05) is 7.11 Å². The van der Waals surface area contributed by atoms with Gasteiger partial charge in [-0.25, -0.2) is 4.79 Å². The Hall–Kier alpha value is -3.66. The highest BCUT2D eigenvalue weighted by Crippen LogP contribution is 2.21. The number of carbonyl (C=O) groups excluding carboxylic acids is 2. The summed E-state index contributed by atoms with van der Waals surface area (Å²) in [5.41, 5.74) is 3.08. The number of hydrogen-bond donors (Lipinski definition) is 0. The van der Waals surface area contributed by atoms with Crippen LogP contribution < -0.4 is 9.47 Å². The molecule has 3 aromatic carbocycles. The van der Waals surface area contributed by atoms with E-state index in [4.69, 9.17) is 9.47 Å². The lowest BCUT2D eigenvalue weighted by Gasteiger charge is -2.08. The van der Waals surface area contributed by atoms with Gasteiger partial charge in [0.2, 0.25) is 0 Å². The van der Waals surface area contributed by atoms with Gasteiger partial charge in [0.05, 0.1) is 7.11 Å². The molecule has 0 aliphatic heterocycles. The van der Waals surface area contributed by atoms with Gasteiger partial charge in [-0.05, 0) is 59.5 Å². The summed E-state index contributed by atoms with van der Waals surface area (Å²) in [7, 11) is 1.50. The van der Waals surface area contributed by atoms with Gasteiger partial charge in [-0.3, -0.25) is 4.79 Å². The van der Waals surface area contributed by atoms with Gasteiger partial charge in [0.25, 0.3) is 0 Å². The summed E-state index contributed by atoms with van der Waals surface area (Å²) in [6, 6.07) is 21.5. The predicted octanol–water partition coefficient (Wildman–Crippen LogP) is 5.93. The van der Waals surface area contributed by atoms with Gasteiger partial charge in [-0.15, -0.1) is 0 Å². The first-order valence-electron chi connectivity index (χ1n) is 9.75. The summed E-state index contributed by atoms with van der Waals surface area (Å²) in [5, 5.41) is 0. The molecule has 0 fully saturated rings. The zero-order valence-electron chi connectivity index (χ0n) is 17.3. The first-order valence-corrected chi connectivity index (χ1v) is 9.75. The second kappa shape index (κ2) is 9.70. The fourth-order valence-corrected chi connectivity index (χ4v) is 2.92. The molecule has 3 aromatic rings. The van der Waals surface area contributed by atoms with Crippen LogP contribution in [-0.4, -0.2) is 18.9 Å². The van der Waals surface area contributed by atoms with E-state index in [1.54, 1.807) is 60.7 Å². The summed E-state index contributed by atoms with van der Waals surface area (Å²) < 4.78 is 10.6. The summed E-state index contributed by atoms with van der Waals surface area (Å²) >= 11 is 0. The molecule has 30 heavy (non-hydrogen) atoms. The van der Waals surface area contributed by atoms with Crippen molar-refractivity contribution < 1.29 is 19.1 Å². The number of para-hydroxylation sites is 1. The van der Waals surface area contributed by atoms with E-state index in [1.165, 1.54) is 12.7 Å².